The summed E-state index contributed by atoms with van der Waals surface area (Å²) in [5.41, 5.74) is 1.93. The molecule has 0 aromatic heterocycles. The molecule has 0 heterocycles. The molecule has 0 aliphatic carbocycles. The zero-order valence-electron chi connectivity index (χ0n) is 11.6. The number of nitrogens with zero attached hydrogens (tertiary/aromatic N) is 1. The van der Waals surface area contributed by atoms with Gasteiger partial charge in [-0.05, 0) is 52.8 Å². The molecule has 20 heavy (non-hydrogen) atoms. The average Bonchev–Trinajstić information content (AvgIpc) is 2.47. The molecule has 0 bridgehead atoms. The number of halogens is 1. The molecule has 0 spiro atoms. The van der Waals surface area contributed by atoms with Gasteiger partial charge >= 0.3 is 0 Å². The highest BCUT2D eigenvalue weighted by Gasteiger charge is 2.15. The highest BCUT2D eigenvalue weighted by atomic mass is 127. The highest BCUT2D eigenvalue weighted by molar-refractivity contribution is 14.1. The van der Waals surface area contributed by atoms with Crippen molar-refractivity contribution in [2.75, 3.05) is 6.54 Å². The Kier molecular flexibility index (Phi) is 5.59. The summed E-state index contributed by atoms with van der Waals surface area (Å²) in [4.78, 5) is 14.5. The Hall–Kier alpha value is -1.36. The Morgan fingerprint density at radius 2 is 1.85 bits per heavy atom. The summed E-state index contributed by atoms with van der Waals surface area (Å²) in [6.45, 7) is 3.54. The summed E-state index contributed by atoms with van der Waals surface area (Å²) >= 11 is 2.24. The fourth-order valence-electron chi connectivity index (χ4n) is 2.13. The van der Waals surface area contributed by atoms with Crippen LogP contribution in [0, 0.1) is 3.57 Å². The SMILES string of the molecule is CCCN(Cc1ccccc1)C(=O)c1cccc(I)c1. The number of hydrogen-bond donors (Lipinski definition) is 0. The van der Waals surface area contributed by atoms with E-state index in [2.05, 4.69) is 41.6 Å². The van der Waals surface area contributed by atoms with Crippen LogP contribution in [0.4, 0.5) is 0 Å². The second-order valence-electron chi connectivity index (χ2n) is 4.72. The molecule has 0 aliphatic rings. The van der Waals surface area contributed by atoms with Gasteiger partial charge in [0, 0.05) is 22.2 Å². The van der Waals surface area contributed by atoms with E-state index in [9.17, 15) is 4.79 Å². The number of hydrogen-bond acceptors (Lipinski definition) is 1. The number of benzene rings is 2. The van der Waals surface area contributed by atoms with Crippen LogP contribution in [0.5, 0.6) is 0 Å². The third-order valence-corrected chi connectivity index (χ3v) is 3.74. The van der Waals surface area contributed by atoms with Crippen molar-refractivity contribution in [3.63, 3.8) is 0 Å². The van der Waals surface area contributed by atoms with Crippen LogP contribution >= 0.6 is 22.6 Å². The van der Waals surface area contributed by atoms with E-state index in [1.807, 2.05) is 47.4 Å². The number of amides is 1. The molecule has 2 aromatic carbocycles. The molecule has 3 heteroatoms. The van der Waals surface area contributed by atoms with Gasteiger partial charge in [-0.3, -0.25) is 4.79 Å². The van der Waals surface area contributed by atoms with Crippen molar-refractivity contribution in [2.45, 2.75) is 19.9 Å². The van der Waals surface area contributed by atoms with Crippen molar-refractivity contribution in [3.05, 3.63) is 69.3 Å². The zero-order valence-corrected chi connectivity index (χ0v) is 13.7. The minimum Gasteiger partial charge on any atom is -0.334 e. The molecular weight excluding hydrogens is 361 g/mol. The fourth-order valence-corrected chi connectivity index (χ4v) is 2.67. The monoisotopic (exact) mass is 379 g/mol. The smallest absolute Gasteiger partial charge is 0.254 e. The quantitative estimate of drug-likeness (QED) is 0.708. The van der Waals surface area contributed by atoms with Gasteiger partial charge in [0.2, 0.25) is 0 Å². The van der Waals surface area contributed by atoms with Gasteiger partial charge in [-0.25, -0.2) is 0 Å². The maximum atomic E-state index is 12.6. The van der Waals surface area contributed by atoms with E-state index >= 15 is 0 Å². The highest BCUT2D eigenvalue weighted by Crippen LogP contribution is 2.13. The van der Waals surface area contributed by atoms with Gasteiger partial charge < -0.3 is 4.90 Å². The first-order chi connectivity index (χ1) is 9.70. The van der Waals surface area contributed by atoms with Crippen molar-refractivity contribution in [1.82, 2.24) is 4.90 Å². The van der Waals surface area contributed by atoms with Gasteiger partial charge in [0.05, 0.1) is 0 Å². The first-order valence-electron chi connectivity index (χ1n) is 6.79. The Labute approximate surface area is 133 Å². The van der Waals surface area contributed by atoms with Crippen molar-refractivity contribution < 1.29 is 4.79 Å². The van der Waals surface area contributed by atoms with E-state index in [0.717, 1.165) is 22.1 Å². The standard InChI is InChI=1S/C17H18INO/c1-2-11-19(13-14-7-4-3-5-8-14)17(20)15-9-6-10-16(18)12-15/h3-10,12H,2,11,13H2,1H3. The molecule has 0 atom stereocenters. The van der Waals surface area contributed by atoms with Gasteiger partial charge in [-0.2, -0.15) is 0 Å². The van der Waals surface area contributed by atoms with Gasteiger partial charge in [0.25, 0.3) is 5.91 Å². The molecule has 0 N–H and O–H groups in total. The van der Waals surface area contributed by atoms with E-state index in [4.69, 9.17) is 0 Å². The van der Waals surface area contributed by atoms with E-state index in [1.54, 1.807) is 0 Å². The van der Waals surface area contributed by atoms with E-state index in [-0.39, 0.29) is 5.91 Å². The predicted octanol–water partition coefficient (Wildman–Crippen LogP) is 4.34. The van der Waals surface area contributed by atoms with Crippen LogP contribution in [-0.2, 0) is 6.54 Å². The van der Waals surface area contributed by atoms with Crippen LogP contribution in [0.25, 0.3) is 0 Å². The normalized spacial score (nSPS) is 10.3. The number of carbonyl (C=O) groups excluding carboxylic acids is 1. The van der Waals surface area contributed by atoms with Crippen molar-refractivity contribution >= 4 is 28.5 Å². The van der Waals surface area contributed by atoms with Gasteiger partial charge in [0.1, 0.15) is 0 Å². The molecule has 104 valence electrons. The minimum atomic E-state index is 0.106. The molecule has 1 amide bonds. The molecule has 0 unspecified atom stereocenters. The summed E-state index contributed by atoms with van der Waals surface area (Å²) in [7, 11) is 0. The Morgan fingerprint density at radius 1 is 1.10 bits per heavy atom. The van der Waals surface area contributed by atoms with E-state index in [1.165, 1.54) is 5.56 Å². The van der Waals surface area contributed by atoms with Gasteiger partial charge in [-0.1, -0.05) is 43.3 Å². The summed E-state index contributed by atoms with van der Waals surface area (Å²) in [6.07, 6.45) is 0.961. The van der Waals surface area contributed by atoms with Crippen LogP contribution in [0.15, 0.2) is 54.6 Å². The number of rotatable bonds is 5. The van der Waals surface area contributed by atoms with E-state index < -0.39 is 0 Å². The molecule has 0 radical (unpaired) electrons. The van der Waals surface area contributed by atoms with Crippen molar-refractivity contribution in [3.8, 4) is 0 Å². The van der Waals surface area contributed by atoms with Crippen molar-refractivity contribution in [2.24, 2.45) is 0 Å². The second kappa shape index (κ2) is 7.43. The molecule has 2 nitrogen and oxygen atoms in total. The molecule has 0 aliphatic heterocycles. The summed E-state index contributed by atoms with van der Waals surface area (Å²) < 4.78 is 1.09. The first-order valence-corrected chi connectivity index (χ1v) is 7.87. The molecule has 0 fully saturated rings. The van der Waals surface area contributed by atoms with Gasteiger partial charge in [0.15, 0.2) is 0 Å². The van der Waals surface area contributed by atoms with Crippen LogP contribution in [0.1, 0.15) is 29.3 Å². The first kappa shape index (κ1) is 15.0. The molecule has 2 rings (SSSR count). The largest absolute Gasteiger partial charge is 0.334 e. The van der Waals surface area contributed by atoms with Crippen LogP contribution < -0.4 is 0 Å². The average molecular weight is 379 g/mol. The minimum absolute atomic E-state index is 0.106. The maximum Gasteiger partial charge on any atom is 0.254 e. The Morgan fingerprint density at radius 3 is 2.50 bits per heavy atom. The molecule has 2 aromatic rings. The fraction of sp³-hybridized carbons (Fsp3) is 0.235. The summed E-state index contributed by atoms with van der Waals surface area (Å²) in [5, 5.41) is 0. The Balaban J connectivity index is 2.18. The van der Waals surface area contributed by atoms with Crippen LogP contribution in [0.2, 0.25) is 0 Å². The topological polar surface area (TPSA) is 20.3 Å². The molecular formula is C17H18INO. The maximum absolute atomic E-state index is 12.6. The number of carbonyl (C=O) groups is 1. The lowest BCUT2D eigenvalue weighted by Crippen LogP contribution is -2.31. The lowest BCUT2D eigenvalue weighted by Gasteiger charge is -2.22. The Bertz CT molecular complexity index is 568. The van der Waals surface area contributed by atoms with E-state index in [0.29, 0.717) is 6.54 Å². The van der Waals surface area contributed by atoms with Crippen LogP contribution in [0.3, 0.4) is 0 Å². The van der Waals surface area contributed by atoms with Crippen LogP contribution in [-0.4, -0.2) is 17.4 Å². The lowest BCUT2D eigenvalue weighted by molar-refractivity contribution is 0.0743. The summed E-state index contributed by atoms with van der Waals surface area (Å²) in [6, 6.07) is 17.9. The second-order valence-corrected chi connectivity index (χ2v) is 5.97. The predicted molar refractivity (Wildman–Crippen MR) is 90.6 cm³/mol. The summed E-state index contributed by atoms with van der Waals surface area (Å²) in [5.74, 6) is 0.106. The lowest BCUT2D eigenvalue weighted by atomic mass is 10.1. The van der Waals surface area contributed by atoms with Gasteiger partial charge in [-0.15, -0.1) is 0 Å². The molecule has 0 saturated heterocycles. The zero-order chi connectivity index (χ0) is 14.4. The molecule has 0 saturated carbocycles. The van der Waals surface area contributed by atoms with Crippen molar-refractivity contribution in [1.29, 1.82) is 0 Å². The third-order valence-electron chi connectivity index (χ3n) is 3.07. The third kappa shape index (κ3) is 4.07.